The van der Waals surface area contributed by atoms with Crippen LogP contribution in [-0.4, -0.2) is 11.1 Å². The summed E-state index contributed by atoms with van der Waals surface area (Å²) in [5.74, 6) is 0.366. The third-order valence-corrected chi connectivity index (χ3v) is 4.33. The quantitative estimate of drug-likeness (QED) is 0.737. The highest BCUT2D eigenvalue weighted by atomic mass is 16.3. The standard InChI is InChI=1S/C16H21NO/c1-11-15-8-3-2-5-12(15)10-16(17-11)13-6-4-7-14(18)9-13/h4,6-7,9,11,16-18H,2-3,5,8,10H2,1H3/t11-,16+/m1/s1. The SMILES string of the molecule is C[C@H]1N[C@H](c2cccc(O)c2)CC2=C1CCCC2. The highest BCUT2D eigenvalue weighted by molar-refractivity contribution is 5.34. The summed E-state index contributed by atoms with van der Waals surface area (Å²) in [7, 11) is 0. The van der Waals surface area contributed by atoms with Gasteiger partial charge in [-0.25, -0.2) is 0 Å². The topological polar surface area (TPSA) is 32.3 Å². The smallest absolute Gasteiger partial charge is 0.115 e. The predicted molar refractivity (Wildman–Crippen MR) is 73.6 cm³/mol. The van der Waals surface area contributed by atoms with Crippen LogP contribution in [0, 0.1) is 0 Å². The van der Waals surface area contributed by atoms with Crippen molar-refractivity contribution in [3.63, 3.8) is 0 Å². The molecule has 2 heteroatoms. The molecule has 1 aromatic carbocycles. The van der Waals surface area contributed by atoms with Gasteiger partial charge >= 0.3 is 0 Å². The van der Waals surface area contributed by atoms with Crippen LogP contribution in [0.3, 0.4) is 0 Å². The second-order valence-electron chi connectivity index (χ2n) is 5.58. The fourth-order valence-electron chi connectivity index (χ4n) is 3.41. The summed E-state index contributed by atoms with van der Waals surface area (Å²) < 4.78 is 0. The molecule has 0 aromatic heterocycles. The van der Waals surface area contributed by atoms with Gasteiger partial charge in [-0.3, -0.25) is 0 Å². The van der Waals surface area contributed by atoms with E-state index in [9.17, 15) is 5.11 Å². The minimum Gasteiger partial charge on any atom is -0.508 e. The van der Waals surface area contributed by atoms with Crippen molar-refractivity contribution in [2.24, 2.45) is 0 Å². The van der Waals surface area contributed by atoms with E-state index >= 15 is 0 Å². The number of benzene rings is 1. The summed E-state index contributed by atoms with van der Waals surface area (Å²) in [6.07, 6.45) is 6.36. The Bertz CT molecular complexity index is 478. The summed E-state index contributed by atoms with van der Waals surface area (Å²) in [5, 5.41) is 13.3. The van der Waals surface area contributed by atoms with E-state index in [1.54, 1.807) is 17.2 Å². The van der Waals surface area contributed by atoms with Gasteiger partial charge in [0.2, 0.25) is 0 Å². The molecular formula is C16H21NO. The van der Waals surface area contributed by atoms with Crippen LogP contribution in [-0.2, 0) is 0 Å². The number of nitrogens with one attached hydrogen (secondary N) is 1. The maximum absolute atomic E-state index is 9.60. The Morgan fingerprint density at radius 3 is 2.89 bits per heavy atom. The lowest BCUT2D eigenvalue weighted by Gasteiger charge is -2.36. The van der Waals surface area contributed by atoms with Crippen LogP contribution in [0.1, 0.15) is 50.6 Å². The van der Waals surface area contributed by atoms with Crippen molar-refractivity contribution in [3.05, 3.63) is 41.0 Å². The van der Waals surface area contributed by atoms with Crippen LogP contribution in [0.15, 0.2) is 35.4 Å². The average Bonchev–Trinajstić information content (AvgIpc) is 2.39. The van der Waals surface area contributed by atoms with E-state index in [1.807, 2.05) is 12.1 Å². The second-order valence-corrected chi connectivity index (χ2v) is 5.58. The number of phenolic OH excluding ortho intramolecular Hbond substituents is 1. The van der Waals surface area contributed by atoms with Gasteiger partial charge in [0.1, 0.15) is 5.75 Å². The minimum absolute atomic E-state index is 0.365. The van der Waals surface area contributed by atoms with Crippen LogP contribution in [0.2, 0.25) is 0 Å². The molecule has 0 radical (unpaired) electrons. The molecule has 2 atom stereocenters. The van der Waals surface area contributed by atoms with E-state index in [1.165, 1.54) is 31.2 Å². The fraction of sp³-hybridized carbons (Fsp3) is 0.500. The molecule has 1 aliphatic carbocycles. The molecule has 0 saturated carbocycles. The van der Waals surface area contributed by atoms with Crippen LogP contribution in [0.4, 0.5) is 0 Å². The lowest BCUT2D eigenvalue weighted by molar-refractivity contribution is 0.413. The van der Waals surface area contributed by atoms with Gasteiger partial charge in [-0.1, -0.05) is 23.3 Å². The van der Waals surface area contributed by atoms with Gasteiger partial charge < -0.3 is 10.4 Å². The molecule has 0 saturated heterocycles. The molecule has 0 fully saturated rings. The Morgan fingerprint density at radius 2 is 2.06 bits per heavy atom. The fourth-order valence-corrected chi connectivity index (χ4v) is 3.41. The van der Waals surface area contributed by atoms with Gasteiger partial charge in [-0.05, 0) is 56.7 Å². The van der Waals surface area contributed by atoms with E-state index in [2.05, 4.69) is 18.3 Å². The number of rotatable bonds is 1. The van der Waals surface area contributed by atoms with Crippen molar-refractivity contribution in [3.8, 4) is 5.75 Å². The highest BCUT2D eigenvalue weighted by Gasteiger charge is 2.27. The van der Waals surface area contributed by atoms with Crippen LogP contribution < -0.4 is 5.32 Å². The van der Waals surface area contributed by atoms with Gasteiger partial charge in [-0.2, -0.15) is 0 Å². The molecular weight excluding hydrogens is 222 g/mol. The molecule has 3 rings (SSSR count). The average molecular weight is 243 g/mol. The van der Waals surface area contributed by atoms with Crippen LogP contribution in [0.5, 0.6) is 5.75 Å². The maximum Gasteiger partial charge on any atom is 0.115 e. The first-order valence-electron chi connectivity index (χ1n) is 7.00. The van der Waals surface area contributed by atoms with E-state index in [-0.39, 0.29) is 0 Å². The first-order chi connectivity index (χ1) is 8.74. The number of hydrogen-bond donors (Lipinski definition) is 2. The van der Waals surface area contributed by atoms with Crippen molar-refractivity contribution < 1.29 is 5.11 Å². The Kier molecular flexibility index (Phi) is 3.13. The molecule has 2 nitrogen and oxygen atoms in total. The van der Waals surface area contributed by atoms with E-state index in [0.29, 0.717) is 17.8 Å². The molecule has 0 unspecified atom stereocenters. The molecule has 0 spiro atoms. The monoisotopic (exact) mass is 243 g/mol. The van der Waals surface area contributed by atoms with Gasteiger partial charge in [-0.15, -0.1) is 0 Å². The lowest BCUT2D eigenvalue weighted by Crippen LogP contribution is -2.37. The molecule has 1 heterocycles. The zero-order chi connectivity index (χ0) is 12.5. The van der Waals surface area contributed by atoms with Crippen molar-refractivity contribution >= 4 is 0 Å². The van der Waals surface area contributed by atoms with E-state index < -0.39 is 0 Å². The van der Waals surface area contributed by atoms with Crippen molar-refractivity contribution in [1.29, 1.82) is 0 Å². The lowest BCUT2D eigenvalue weighted by atomic mass is 9.80. The predicted octanol–water partition coefficient (Wildman–Crippen LogP) is 3.69. The van der Waals surface area contributed by atoms with Gasteiger partial charge in [0.25, 0.3) is 0 Å². The van der Waals surface area contributed by atoms with Crippen molar-refractivity contribution in [2.45, 2.75) is 51.1 Å². The molecule has 1 aliphatic heterocycles. The molecule has 2 aliphatic rings. The Labute approximate surface area is 109 Å². The first kappa shape index (κ1) is 11.8. The normalized spacial score (nSPS) is 28.1. The van der Waals surface area contributed by atoms with Crippen LogP contribution in [0.25, 0.3) is 0 Å². The largest absolute Gasteiger partial charge is 0.508 e. The summed E-state index contributed by atoms with van der Waals surface area (Å²) >= 11 is 0. The van der Waals surface area contributed by atoms with Crippen LogP contribution >= 0.6 is 0 Å². The van der Waals surface area contributed by atoms with E-state index in [4.69, 9.17) is 0 Å². The van der Waals surface area contributed by atoms with Gasteiger partial charge in [0, 0.05) is 12.1 Å². The Morgan fingerprint density at radius 1 is 1.22 bits per heavy atom. The second kappa shape index (κ2) is 4.77. The third kappa shape index (κ3) is 2.17. The number of aromatic hydroxyl groups is 1. The summed E-state index contributed by atoms with van der Waals surface area (Å²) in [6.45, 7) is 2.27. The van der Waals surface area contributed by atoms with Crippen molar-refractivity contribution in [2.75, 3.05) is 0 Å². The summed E-state index contributed by atoms with van der Waals surface area (Å²) in [5.41, 5.74) is 4.53. The van der Waals surface area contributed by atoms with Crippen molar-refractivity contribution in [1.82, 2.24) is 5.32 Å². The third-order valence-electron chi connectivity index (χ3n) is 4.33. The summed E-state index contributed by atoms with van der Waals surface area (Å²) in [4.78, 5) is 0. The maximum atomic E-state index is 9.60. The van der Waals surface area contributed by atoms with Gasteiger partial charge in [0.15, 0.2) is 0 Å². The molecule has 96 valence electrons. The zero-order valence-corrected chi connectivity index (χ0v) is 10.9. The van der Waals surface area contributed by atoms with Gasteiger partial charge in [0.05, 0.1) is 0 Å². The Balaban J connectivity index is 1.87. The summed E-state index contributed by atoms with van der Waals surface area (Å²) in [6, 6.07) is 8.52. The molecule has 0 bridgehead atoms. The molecule has 18 heavy (non-hydrogen) atoms. The highest BCUT2D eigenvalue weighted by Crippen LogP contribution is 2.38. The first-order valence-corrected chi connectivity index (χ1v) is 7.00. The zero-order valence-electron chi connectivity index (χ0n) is 10.9. The van der Waals surface area contributed by atoms with E-state index in [0.717, 1.165) is 6.42 Å². The number of phenols is 1. The molecule has 0 amide bonds. The molecule has 1 aromatic rings. The number of hydrogen-bond acceptors (Lipinski definition) is 2. The minimum atomic E-state index is 0.365. The Hall–Kier alpha value is -1.28. The molecule has 2 N–H and O–H groups in total.